The number of guanidine groups is 1. The molecule has 0 radical (unpaired) electrons. The van der Waals surface area contributed by atoms with Crippen molar-refractivity contribution < 1.29 is 8.42 Å². The lowest BCUT2D eigenvalue weighted by molar-refractivity contribution is 0.581. The van der Waals surface area contributed by atoms with Crippen molar-refractivity contribution >= 4 is 15.8 Å². The monoisotopic (exact) mass is 235 g/mol. The molecule has 90 valence electrons. The van der Waals surface area contributed by atoms with Crippen molar-refractivity contribution in [1.82, 2.24) is 10.6 Å². The molecule has 0 aromatic carbocycles. The maximum absolute atomic E-state index is 10.9. The molecule has 0 aliphatic heterocycles. The van der Waals surface area contributed by atoms with Gasteiger partial charge in [0.25, 0.3) is 0 Å². The fourth-order valence-electron chi connectivity index (χ4n) is 1.06. The molecule has 15 heavy (non-hydrogen) atoms. The van der Waals surface area contributed by atoms with Crippen molar-refractivity contribution in [2.75, 3.05) is 25.6 Å². The van der Waals surface area contributed by atoms with Gasteiger partial charge in [0.05, 0.1) is 5.75 Å². The summed E-state index contributed by atoms with van der Waals surface area (Å²) >= 11 is 0. The largest absolute Gasteiger partial charge is 0.357 e. The van der Waals surface area contributed by atoms with E-state index in [1.54, 1.807) is 7.05 Å². The second-order valence-electron chi connectivity index (χ2n) is 3.57. The SMILES string of the molecule is CCNC(=NC)NC(C)CCS(C)(=O)=O. The fourth-order valence-corrected chi connectivity index (χ4v) is 1.84. The lowest BCUT2D eigenvalue weighted by Crippen LogP contribution is -2.42. The summed E-state index contributed by atoms with van der Waals surface area (Å²) in [6.07, 6.45) is 1.84. The zero-order valence-corrected chi connectivity index (χ0v) is 10.7. The van der Waals surface area contributed by atoms with Crippen molar-refractivity contribution in [3.8, 4) is 0 Å². The first-order valence-electron chi connectivity index (χ1n) is 5.04. The van der Waals surface area contributed by atoms with E-state index >= 15 is 0 Å². The Kier molecular flexibility index (Phi) is 6.31. The summed E-state index contributed by atoms with van der Waals surface area (Å²) in [6, 6.07) is 0.0949. The maximum atomic E-state index is 10.9. The van der Waals surface area contributed by atoms with E-state index in [0.717, 1.165) is 6.54 Å². The van der Waals surface area contributed by atoms with Gasteiger partial charge < -0.3 is 10.6 Å². The summed E-state index contributed by atoms with van der Waals surface area (Å²) in [5.41, 5.74) is 0. The first-order valence-corrected chi connectivity index (χ1v) is 7.10. The van der Waals surface area contributed by atoms with Gasteiger partial charge >= 0.3 is 0 Å². The van der Waals surface area contributed by atoms with Gasteiger partial charge in [-0.2, -0.15) is 0 Å². The van der Waals surface area contributed by atoms with Crippen molar-refractivity contribution in [2.45, 2.75) is 26.3 Å². The van der Waals surface area contributed by atoms with Gasteiger partial charge in [0, 0.05) is 25.9 Å². The van der Waals surface area contributed by atoms with Crippen LogP contribution in [0.3, 0.4) is 0 Å². The third-order valence-electron chi connectivity index (χ3n) is 1.87. The molecule has 0 saturated carbocycles. The van der Waals surface area contributed by atoms with Crippen LogP contribution in [0.2, 0.25) is 0 Å². The second kappa shape index (κ2) is 6.66. The van der Waals surface area contributed by atoms with Crippen molar-refractivity contribution in [3.05, 3.63) is 0 Å². The molecule has 1 unspecified atom stereocenters. The quantitative estimate of drug-likeness (QED) is 0.519. The van der Waals surface area contributed by atoms with Crippen LogP contribution in [0.15, 0.2) is 4.99 Å². The minimum absolute atomic E-state index is 0.0949. The molecule has 5 nitrogen and oxygen atoms in total. The third kappa shape index (κ3) is 8.23. The van der Waals surface area contributed by atoms with Crippen LogP contribution in [0.4, 0.5) is 0 Å². The van der Waals surface area contributed by atoms with Gasteiger partial charge in [-0.05, 0) is 20.3 Å². The molecular weight excluding hydrogens is 214 g/mol. The molecule has 2 N–H and O–H groups in total. The molecule has 0 rings (SSSR count). The molecule has 0 bridgehead atoms. The van der Waals surface area contributed by atoms with Crippen molar-refractivity contribution in [3.63, 3.8) is 0 Å². The Hall–Kier alpha value is -0.780. The van der Waals surface area contributed by atoms with E-state index in [4.69, 9.17) is 0 Å². The number of rotatable bonds is 5. The van der Waals surface area contributed by atoms with E-state index in [2.05, 4.69) is 15.6 Å². The number of nitrogens with zero attached hydrogens (tertiary/aromatic N) is 1. The molecule has 1 atom stereocenters. The standard InChI is InChI=1S/C9H21N3O2S/c1-5-11-9(10-3)12-8(2)6-7-15(4,13)14/h8H,5-7H2,1-4H3,(H2,10,11,12). The second-order valence-corrected chi connectivity index (χ2v) is 5.83. The predicted octanol–water partition coefficient (Wildman–Crippen LogP) is -0.00550. The van der Waals surface area contributed by atoms with E-state index in [9.17, 15) is 8.42 Å². The minimum Gasteiger partial charge on any atom is -0.357 e. The highest BCUT2D eigenvalue weighted by molar-refractivity contribution is 7.90. The molecule has 0 amide bonds. The molecule has 0 aromatic heterocycles. The first-order chi connectivity index (χ1) is 6.89. The van der Waals surface area contributed by atoms with Gasteiger partial charge in [-0.25, -0.2) is 8.42 Å². The lowest BCUT2D eigenvalue weighted by atomic mass is 10.3. The normalized spacial score (nSPS) is 14.8. The fraction of sp³-hybridized carbons (Fsp3) is 0.889. The molecular formula is C9H21N3O2S. The van der Waals surface area contributed by atoms with Gasteiger partial charge in [-0.1, -0.05) is 0 Å². The summed E-state index contributed by atoms with van der Waals surface area (Å²) in [5, 5.41) is 6.16. The van der Waals surface area contributed by atoms with Crippen LogP contribution >= 0.6 is 0 Å². The van der Waals surface area contributed by atoms with Crippen LogP contribution in [0, 0.1) is 0 Å². The van der Waals surface area contributed by atoms with Gasteiger partial charge in [0.2, 0.25) is 0 Å². The smallest absolute Gasteiger partial charge is 0.191 e. The van der Waals surface area contributed by atoms with Gasteiger partial charge in [0.1, 0.15) is 9.84 Å². The van der Waals surface area contributed by atoms with Crippen LogP contribution in [-0.4, -0.2) is 46.0 Å². The van der Waals surface area contributed by atoms with Gasteiger partial charge in [0.15, 0.2) is 5.96 Å². The van der Waals surface area contributed by atoms with E-state index in [0.29, 0.717) is 12.4 Å². The Morgan fingerprint density at radius 1 is 1.47 bits per heavy atom. The summed E-state index contributed by atoms with van der Waals surface area (Å²) in [6.45, 7) is 4.71. The van der Waals surface area contributed by atoms with Crippen LogP contribution in [0.1, 0.15) is 20.3 Å². The number of hydrogen-bond donors (Lipinski definition) is 2. The molecule has 0 aliphatic rings. The summed E-state index contributed by atoms with van der Waals surface area (Å²) < 4.78 is 21.9. The van der Waals surface area contributed by atoms with Crippen LogP contribution in [-0.2, 0) is 9.84 Å². The molecule has 0 heterocycles. The van der Waals surface area contributed by atoms with Gasteiger partial charge in [-0.15, -0.1) is 0 Å². The first kappa shape index (κ1) is 14.2. The van der Waals surface area contributed by atoms with E-state index in [-0.39, 0.29) is 11.8 Å². The maximum Gasteiger partial charge on any atom is 0.191 e. The summed E-state index contributed by atoms with van der Waals surface area (Å²) in [5.74, 6) is 0.906. The third-order valence-corrected chi connectivity index (χ3v) is 2.85. The average molecular weight is 235 g/mol. The zero-order valence-electron chi connectivity index (χ0n) is 9.87. The van der Waals surface area contributed by atoms with Crippen LogP contribution < -0.4 is 10.6 Å². The van der Waals surface area contributed by atoms with Crippen molar-refractivity contribution in [1.29, 1.82) is 0 Å². The van der Waals surface area contributed by atoms with Crippen LogP contribution in [0.25, 0.3) is 0 Å². The minimum atomic E-state index is -2.87. The number of aliphatic imine (C=N–C) groups is 1. The van der Waals surface area contributed by atoms with E-state index in [1.807, 2.05) is 13.8 Å². The molecule has 0 aliphatic carbocycles. The zero-order chi connectivity index (χ0) is 11.9. The number of hydrogen-bond acceptors (Lipinski definition) is 3. The van der Waals surface area contributed by atoms with E-state index < -0.39 is 9.84 Å². The molecule has 0 aromatic rings. The highest BCUT2D eigenvalue weighted by Crippen LogP contribution is 1.95. The summed E-state index contributed by atoms with van der Waals surface area (Å²) in [4.78, 5) is 4.01. The predicted molar refractivity (Wildman–Crippen MR) is 64.0 cm³/mol. The van der Waals surface area contributed by atoms with E-state index in [1.165, 1.54) is 6.26 Å². The molecule has 6 heteroatoms. The Morgan fingerprint density at radius 2 is 2.07 bits per heavy atom. The Balaban J connectivity index is 3.97. The molecule has 0 fully saturated rings. The van der Waals surface area contributed by atoms with Crippen molar-refractivity contribution in [2.24, 2.45) is 4.99 Å². The number of nitrogens with one attached hydrogen (secondary N) is 2. The Bertz CT molecular complexity index is 298. The Morgan fingerprint density at radius 3 is 2.47 bits per heavy atom. The highest BCUT2D eigenvalue weighted by atomic mass is 32.2. The highest BCUT2D eigenvalue weighted by Gasteiger charge is 2.08. The Labute approximate surface area is 92.3 Å². The lowest BCUT2D eigenvalue weighted by Gasteiger charge is -2.16. The summed E-state index contributed by atoms with van der Waals surface area (Å²) in [7, 11) is -1.19. The number of sulfone groups is 1. The average Bonchev–Trinajstić information content (AvgIpc) is 2.13. The molecule has 0 spiro atoms. The molecule has 0 saturated heterocycles. The topological polar surface area (TPSA) is 70.6 Å². The van der Waals surface area contributed by atoms with Gasteiger partial charge in [-0.3, -0.25) is 4.99 Å². The van der Waals surface area contributed by atoms with Crippen LogP contribution in [0.5, 0.6) is 0 Å².